The van der Waals surface area contributed by atoms with Gasteiger partial charge in [-0.15, -0.1) is 12.4 Å². The van der Waals surface area contributed by atoms with E-state index in [0.29, 0.717) is 5.65 Å². The first-order valence-corrected chi connectivity index (χ1v) is 9.68. The predicted octanol–water partition coefficient (Wildman–Crippen LogP) is 3.06. The second-order valence-electron chi connectivity index (χ2n) is 6.59. The second kappa shape index (κ2) is 7.80. The lowest BCUT2D eigenvalue weighted by Crippen LogP contribution is -2.27. The average molecular weight is 406 g/mol. The summed E-state index contributed by atoms with van der Waals surface area (Å²) in [5, 5.41) is 0.871. The zero-order valence-electron chi connectivity index (χ0n) is 14.7. The molecule has 1 fully saturated rings. The molecule has 1 saturated carbocycles. The van der Waals surface area contributed by atoms with Crippen molar-refractivity contribution in [2.75, 3.05) is 0 Å². The quantitative estimate of drug-likeness (QED) is 0.639. The minimum Gasteiger partial charge on any atom is -0.307 e. The van der Waals surface area contributed by atoms with E-state index in [2.05, 4.69) is 9.97 Å². The maximum Gasteiger partial charge on any atom is 0.249 e. The van der Waals surface area contributed by atoms with E-state index >= 15 is 0 Å². The fourth-order valence-electron chi connectivity index (χ4n) is 3.33. The summed E-state index contributed by atoms with van der Waals surface area (Å²) in [5.41, 5.74) is 3.30. The SMILES string of the molecule is C[C@H](c1ccc(-c2ccnc3[nH]c(=O)ccc23)cc1)N(C1CC1)[SH](=O)=O.Cl. The van der Waals surface area contributed by atoms with Crippen LogP contribution in [0.3, 0.4) is 0 Å². The molecule has 27 heavy (non-hydrogen) atoms. The van der Waals surface area contributed by atoms with E-state index in [1.165, 1.54) is 6.07 Å². The molecule has 0 spiro atoms. The van der Waals surface area contributed by atoms with Gasteiger partial charge in [-0.2, -0.15) is 4.31 Å². The molecule has 142 valence electrons. The highest BCUT2D eigenvalue weighted by atomic mass is 35.5. The molecule has 1 N–H and O–H groups in total. The fourth-order valence-corrected chi connectivity index (χ4v) is 4.25. The van der Waals surface area contributed by atoms with E-state index in [0.717, 1.165) is 34.9 Å². The number of fused-ring (bicyclic) bond motifs is 1. The highest BCUT2D eigenvalue weighted by Crippen LogP contribution is 2.35. The van der Waals surface area contributed by atoms with E-state index in [1.54, 1.807) is 16.6 Å². The third kappa shape index (κ3) is 3.90. The molecule has 0 aliphatic heterocycles. The number of halogens is 1. The Morgan fingerprint density at radius 3 is 2.44 bits per heavy atom. The summed E-state index contributed by atoms with van der Waals surface area (Å²) < 4.78 is 24.8. The van der Waals surface area contributed by atoms with Gasteiger partial charge in [-0.1, -0.05) is 24.3 Å². The van der Waals surface area contributed by atoms with Gasteiger partial charge in [0.15, 0.2) is 0 Å². The van der Waals surface area contributed by atoms with Crippen molar-refractivity contribution < 1.29 is 8.42 Å². The number of aromatic nitrogens is 2. The van der Waals surface area contributed by atoms with Crippen LogP contribution in [-0.4, -0.2) is 28.7 Å². The van der Waals surface area contributed by atoms with Crippen LogP contribution in [0, 0.1) is 0 Å². The van der Waals surface area contributed by atoms with Crippen LogP contribution >= 0.6 is 12.4 Å². The van der Waals surface area contributed by atoms with Gasteiger partial charge in [0.1, 0.15) is 5.65 Å². The third-order valence-electron chi connectivity index (χ3n) is 4.84. The van der Waals surface area contributed by atoms with Crippen LogP contribution in [0.5, 0.6) is 0 Å². The molecule has 2 heterocycles. The van der Waals surface area contributed by atoms with Crippen molar-refractivity contribution in [3.63, 3.8) is 0 Å². The topological polar surface area (TPSA) is 83.1 Å². The van der Waals surface area contributed by atoms with E-state index in [1.807, 2.05) is 37.3 Å². The third-order valence-corrected chi connectivity index (χ3v) is 5.89. The van der Waals surface area contributed by atoms with E-state index in [9.17, 15) is 13.2 Å². The van der Waals surface area contributed by atoms with Gasteiger partial charge in [-0.25, -0.2) is 13.4 Å². The van der Waals surface area contributed by atoms with Crippen molar-refractivity contribution in [1.82, 2.24) is 14.3 Å². The molecule has 0 amide bonds. The normalized spacial score (nSPS) is 15.1. The first-order valence-electron chi connectivity index (χ1n) is 8.55. The van der Waals surface area contributed by atoms with Crippen molar-refractivity contribution in [1.29, 1.82) is 0 Å². The minimum atomic E-state index is -2.59. The average Bonchev–Trinajstić information content (AvgIpc) is 3.45. The summed E-state index contributed by atoms with van der Waals surface area (Å²) in [4.78, 5) is 18.4. The zero-order valence-corrected chi connectivity index (χ0v) is 16.4. The van der Waals surface area contributed by atoms with Crippen LogP contribution in [0.1, 0.15) is 31.4 Å². The van der Waals surface area contributed by atoms with Gasteiger partial charge in [0, 0.05) is 29.7 Å². The minimum absolute atomic E-state index is 0. The summed E-state index contributed by atoms with van der Waals surface area (Å²) in [6.45, 7) is 1.92. The van der Waals surface area contributed by atoms with Gasteiger partial charge < -0.3 is 4.98 Å². The van der Waals surface area contributed by atoms with E-state index in [-0.39, 0.29) is 30.0 Å². The molecule has 1 aromatic carbocycles. The number of H-pyrrole nitrogens is 1. The Morgan fingerprint density at radius 2 is 1.81 bits per heavy atom. The molecule has 0 bridgehead atoms. The number of nitrogens with zero attached hydrogens (tertiary/aromatic N) is 2. The Bertz CT molecular complexity index is 1080. The van der Waals surface area contributed by atoms with Crippen molar-refractivity contribution in [2.45, 2.75) is 31.8 Å². The number of hydrogen-bond acceptors (Lipinski definition) is 4. The molecular weight excluding hydrogens is 386 g/mol. The molecule has 1 aliphatic rings. The van der Waals surface area contributed by atoms with Crippen LogP contribution < -0.4 is 5.56 Å². The van der Waals surface area contributed by atoms with Gasteiger partial charge >= 0.3 is 0 Å². The molecule has 2 aromatic heterocycles. The number of hydrogen-bond donors (Lipinski definition) is 2. The number of rotatable bonds is 5. The fraction of sp³-hybridized carbons (Fsp3) is 0.263. The van der Waals surface area contributed by atoms with Gasteiger partial charge in [0.25, 0.3) is 0 Å². The van der Waals surface area contributed by atoms with Crippen LogP contribution in [0.25, 0.3) is 22.2 Å². The Morgan fingerprint density at radius 1 is 1.11 bits per heavy atom. The molecule has 1 atom stereocenters. The first kappa shape index (κ1) is 19.5. The Balaban J connectivity index is 0.00000210. The molecule has 0 saturated heterocycles. The van der Waals surface area contributed by atoms with Crippen molar-refractivity contribution >= 4 is 34.3 Å². The number of aromatic amines is 1. The monoisotopic (exact) mass is 405 g/mol. The van der Waals surface area contributed by atoms with Crippen molar-refractivity contribution in [3.05, 3.63) is 64.6 Å². The molecule has 0 radical (unpaired) electrons. The number of thiol groups is 1. The lowest BCUT2D eigenvalue weighted by molar-refractivity contribution is 0.345. The van der Waals surface area contributed by atoms with Gasteiger partial charge in [0.05, 0.1) is 0 Å². The van der Waals surface area contributed by atoms with Crippen LogP contribution in [0.2, 0.25) is 0 Å². The predicted molar refractivity (Wildman–Crippen MR) is 109 cm³/mol. The first-order chi connectivity index (χ1) is 12.5. The molecular formula is C19H20ClN3O3S. The van der Waals surface area contributed by atoms with Gasteiger partial charge in [0.2, 0.25) is 16.4 Å². The molecule has 1 aliphatic carbocycles. The second-order valence-corrected chi connectivity index (χ2v) is 7.53. The zero-order chi connectivity index (χ0) is 18.3. The Kier molecular flexibility index (Phi) is 5.64. The van der Waals surface area contributed by atoms with Gasteiger partial charge in [-0.05, 0) is 48.6 Å². The van der Waals surface area contributed by atoms with Crippen molar-refractivity contribution in [2.24, 2.45) is 0 Å². The van der Waals surface area contributed by atoms with Crippen LogP contribution in [-0.2, 0) is 10.9 Å². The molecule has 0 unspecified atom stereocenters. The molecule has 6 nitrogen and oxygen atoms in total. The largest absolute Gasteiger partial charge is 0.307 e. The number of nitrogens with one attached hydrogen (secondary N) is 1. The number of benzene rings is 1. The Labute approximate surface area is 164 Å². The highest BCUT2D eigenvalue weighted by Gasteiger charge is 2.34. The van der Waals surface area contributed by atoms with Crippen LogP contribution in [0.4, 0.5) is 0 Å². The summed E-state index contributed by atoms with van der Waals surface area (Å²) in [6.07, 6.45) is 3.54. The number of pyridine rings is 2. The highest BCUT2D eigenvalue weighted by molar-refractivity contribution is 7.69. The molecule has 4 rings (SSSR count). The smallest absolute Gasteiger partial charge is 0.249 e. The van der Waals surface area contributed by atoms with E-state index in [4.69, 9.17) is 0 Å². The standard InChI is InChI=1S/C19H19N3O3S.ClH/c1-12(22(26(24)25)15-6-7-15)13-2-4-14(5-3-13)16-10-11-20-19-17(16)8-9-18(23)21-19;/h2-5,8-12,15,26H,6-7H2,1H3,(H,20,21,23);1H/t12-;/m1./s1. The maximum absolute atomic E-state index is 11.6. The summed E-state index contributed by atoms with van der Waals surface area (Å²) in [5.74, 6) is 0. The van der Waals surface area contributed by atoms with Crippen molar-refractivity contribution in [3.8, 4) is 11.1 Å². The van der Waals surface area contributed by atoms with Gasteiger partial charge in [-0.3, -0.25) is 4.79 Å². The lowest BCUT2D eigenvalue weighted by Gasteiger charge is -2.23. The maximum atomic E-state index is 11.6. The molecule has 8 heteroatoms. The summed E-state index contributed by atoms with van der Waals surface area (Å²) in [7, 11) is -2.59. The van der Waals surface area contributed by atoms with Crippen LogP contribution in [0.15, 0.2) is 53.5 Å². The summed E-state index contributed by atoms with van der Waals surface area (Å²) in [6, 6.07) is 13.0. The summed E-state index contributed by atoms with van der Waals surface area (Å²) >= 11 is 0. The molecule has 3 aromatic rings. The lowest BCUT2D eigenvalue weighted by atomic mass is 9.99. The van der Waals surface area contributed by atoms with E-state index < -0.39 is 10.9 Å². The Hall–Kier alpha value is -2.22.